The summed E-state index contributed by atoms with van der Waals surface area (Å²) in [6, 6.07) is 14.2. The Hall–Kier alpha value is -3.20. The van der Waals surface area contributed by atoms with Gasteiger partial charge in [0.25, 0.3) is 0 Å². The Morgan fingerprint density at radius 1 is 1.21 bits per heavy atom. The molecule has 24 heavy (non-hydrogen) atoms. The Morgan fingerprint density at radius 3 is 2.62 bits per heavy atom. The molecule has 0 fully saturated rings. The maximum atomic E-state index is 13.3. The van der Waals surface area contributed by atoms with Gasteiger partial charge in [-0.25, -0.2) is 4.39 Å². The summed E-state index contributed by atoms with van der Waals surface area (Å²) < 4.78 is 13.3. The number of benzene rings is 2. The Kier molecular flexibility index (Phi) is 5.63. The van der Waals surface area contributed by atoms with Crippen molar-refractivity contribution in [1.82, 2.24) is 0 Å². The molecular weight excluding hydrogens is 309 g/mol. The van der Waals surface area contributed by atoms with E-state index in [1.165, 1.54) is 30.0 Å². The molecule has 0 atom stereocenters. The van der Waals surface area contributed by atoms with Gasteiger partial charge in [-0.15, -0.1) is 0 Å². The fraction of sp³-hybridized carbons (Fsp3) is 0.167. The fourth-order valence-corrected chi connectivity index (χ4v) is 2.22. The van der Waals surface area contributed by atoms with Crippen molar-refractivity contribution in [3.05, 3.63) is 59.9 Å². The van der Waals surface area contributed by atoms with Gasteiger partial charge in [0.2, 0.25) is 11.8 Å². The summed E-state index contributed by atoms with van der Waals surface area (Å²) in [5.74, 6) is -1.02. The second-order valence-corrected chi connectivity index (χ2v) is 5.14. The van der Waals surface area contributed by atoms with Crippen LogP contribution in [-0.4, -0.2) is 18.4 Å². The zero-order valence-corrected chi connectivity index (χ0v) is 13.1. The largest absolute Gasteiger partial charge is 0.326 e. The van der Waals surface area contributed by atoms with Crippen LogP contribution in [0.3, 0.4) is 0 Å². The van der Waals surface area contributed by atoms with Gasteiger partial charge in [0.05, 0.1) is 11.6 Å². The van der Waals surface area contributed by atoms with Crippen LogP contribution in [0, 0.1) is 17.1 Å². The number of halogens is 1. The number of amides is 2. The number of hydrogen-bond donors (Lipinski definition) is 1. The molecule has 0 aliphatic rings. The molecule has 0 radical (unpaired) electrons. The lowest BCUT2D eigenvalue weighted by atomic mass is 10.2. The van der Waals surface area contributed by atoms with Crippen LogP contribution in [0.1, 0.15) is 18.9 Å². The quantitative estimate of drug-likeness (QED) is 0.918. The molecule has 0 bridgehead atoms. The fourth-order valence-electron chi connectivity index (χ4n) is 2.22. The Balaban J connectivity index is 2.00. The van der Waals surface area contributed by atoms with Crippen molar-refractivity contribution in [2.45, 2.75) is 13.3 Å². The van der Waals surface area contributed by atoms with Gasteiger partial charge in [0, 0.05) is 31.3 Å². The average Bonchev–Trinajstić information content (AvgIpc) is 2.55. The maximum absolute atomic E-state index is 13.3. The first-order valence-corrected chi connectivity index (χ1v) is 7.33. The highest BCUT2D eigenvalue weighted by Crippen LogP contribution is 2.16. The van der Waals surface area contributed by atoms with Crippen molar-refractivity contribution in [3.8, 4) is 6.07 Å². The predicted octanol–water partition coefficient (Wildman–Crippen LogP) is 3.08. The van der Waals surface area contributed by atoms with Gasteiger partial charge in [0.15, 0.2) is 0 Å². The van der Waals surface area contributed by atoms with Gasteiger partial charge in [-0.05, 0) is 36.4 Å². The van der Waals surface area contributed by atoms with Crippen LogP contribution in [-0.2, 0) is 9.59 Å². The minimum atomic E-state index is -0.448. The number of carbonyl (C=O) groups is 2. The van der Waals surface area contributed by atoms with E-state index in [1.807, 2.05) is 6.07 Å². The summed E-state index contributed by atoms with van der Waals surface area (Å²) in [6.45, 7) is 1.49. The minimum absolute atomic E-state index is 0.0485. The molecule has 6 heteroatoms. The molecular formula is C18H16FN3O2. The summed E-state index contributed by atoms with van der Waals surface area (Å²) in [5, 5.41) is 11.5. The Morgan fingerprint density at radius 2 is 1.96 bits per heavy atom. The lowest BCUT2D eigenvalue weighted by Crippen LogP contribution is -2.32. The lowest BCUT2D eigenvalue weighted by Gasteiger charge is -2.21. The highest BCUT2D eigenvalue weighted by molar-refractivity contribution is 5.94. The third kappa shape index (κ3) is 4.65. The van der Waals surface area contributed by atoms with Crippen LogP contribution >= 0.6 is 0 Å². The molecule has 122 valence electrons. The minimum Gasteiger partial charge on any atom is -0.326 e. The molecule has 0 aliphatic heterocycles. The van der Waals surface area contributed by atoms with Crippen molar-refractivity contribution in [2.75, 3.05) is 16.8 Å². The number of nitrogens with zero attached hydrogens (tertiary/aromatic N) is 2. The maximum Gasteiger partial charge on any atom is 0.226 e. The van der Waals surface area contributed by atoms with Gasteiger partial charge >= 0.3 is 0 Å². The van der Waals surface area contributed by atoms with Crippen molar-refractivity contribution in [1.29, 1.82) is 5.26 Å². The molecule has 2 amide bonds. The molecule has 0 saturated heterocycles. The van der Waals surface area contributed by atoms with Crippen LogP contribution in [0.4, 0.5) is 15.8 Å². The van der Waals surface area contributed by atoms with Crippen molar-refractivity contribution in [3.63, 3.8) is 0 Å². The summed E-state index contributed by atoms with van der Waals surface area (Å²) in [4.78, 5) is 25.1. The molecule has 2 aromatic carbocycles. The van der Waals surface area contributed by atoms with Gasteiger partial charge in [-0.1, -0.05) is 12.1 Å². The third-order valence-corrected chi connectivity index (χ3v) is 3.34. The average molecular weight is 325 g/mol. The van der Waals surface area contributed by atoms with E-state index in [4.69, 9.17) is 5.26 Å². The van der Waals surface area contributed by atoms with Crippen molar-refractivity contribution >= 4 is 23.2 Å². The van der Waals surface area contributed by atoms with E-state index < -0.39 is 5.82 Å². The highest BCUT2D eigenvalue weighted by atomic mass is 19.1. The normalized spacial score (nSPS) is 9.88. The van der Waals surface area contributed by atoms with Gasteiger partial charge in [-0.3, -0.25) is 9.59 Å². The molecule has 0 spiro atoms. The first-order valence-electron chi connectivity index (χ1n) is 7.33. The highest BCUT2D eigenvalue weighted by Gasteiger charge is 2.14. The Labute approximate surface area is 139 Å². The van der Waals surface area contributed by atoms with Gasteiger partial charge in [0.1, 0.15) is 5.82 Å². The molecule has 0 aromatic heterocycles. The second-order valence-electron chi connectivity index (χ2n) is 5.14. The van der Waals surface area contributed by atoms with E-state index in [2.05, 4.69) is 5.32 Å². The number of carbonyl (C=O) groups excluding carboxylic acids is 2. The second kappa shape index (κ2) is 7.88. The van der Waals surface area contributed by atoms with Crippen LogP contribution < -0.4 is 10.2 Å². The third-order valence-electron chi connectivity index (χ3n) is 3.34. The van der Waals surface area contributed by atoms with Crippen LogP contribution in [0.15, 0.2) is 48.5 Å². The lowest BCUT2D eigenvalue weighted by molar-refractivity contribution is -0.117. The van der Waals surface area contributed by atoms with Gasteiger partial charge in [-0.2, -0.15) is 5.26 Å². The Bertz CT molecular complexity index is 799. The number of anilines is 2. The van der Waals surface area contributed by atoms with E-state index in [0.29, 0.717) is 16.9 Å². The summed E-state index contributed by atoms with van der Waals surface area (Å²) >= 11 is 0. The van der Waals surface area contributed by atoms with E-state index in [-0.39, 0.29) is 24.8 Å². The number of nitrogens with one attached hydrogen (secondary N) is 1. The number of nitriles is 1. The molecule has 0 aliphatic carbocycles. The van der Waals surface area contributed by atoms with E-state index in [0.717, 1.165) is 0 Å². The molecule has 2 rings (SSSR count). The molecule has 0 heterocycles. The van der Waals surface area contributed by atoms with Gasteiger partial charge < -0.3 is 10.2 Å². The standard InChI is InChI=1S/C18H16FN3O2/c1-13(23)22(17-7-3-5-15(19)11-17)9-8-18(24)21-16-6-2-4-14(10-16)12-20/h2-7,10-11H,8-9H2,1H3,(H,21,24). The SMILES string of the molecule is CC(=O)N(CCC(=O)Nc1cccc(C#N)c1)c1cccc(F)c1. The molecule has 1 N–H and O–H groups in total. The monoisotopic (exact) mass is 325 g/mol. The van der Waals surface area contributed by atoms with E-state index in [1.54, 1.807) is 30.3 Å². The summed E-state index contributed by atoms with van der Waals surface area (Å²) in [7, 11) is 0. The molecule has 0 unspecified atom stereocenters. The van der Waals surface area contributed by atoms with Crippen molar-refractivity contribution < 1.29 is 14.0 Å². The first-order chi connectivity index (χ1) is 11.5. The molecule has 0 saturated carbocycles. The molecule has 5 nitrogen and oxygen atoms in total. The summed E-state index contributed by atoms with van der Waals surface area (Å²) in [6.07, 6.45) is 0.0485. The number of hydrogen-bond acceptors (Lipinski definition) is 3. The first kappa shape index (κ1) is 17.2. The van der Waals surface area contributed by atoms with E-state index in [9.17, 15) is 14.0 Å². The number of rotatable bonds is 5. The van der Waals surface area contributed by atoms with Crippen LogP contribution in [0.2, 0.25) is 0 Å². The smallest absolute Gasteiger partial charge is 0.226 e. The summed E-state index contributed by atoms with van der Waals surface area (Å²) in [5.41, 5.74) is 1.36. The van der Waals surface area contributed by atoms with Crippen molar-refractivity contribution in [2.24, 2.45) is 0 Å². The predicted molar refractivity (Wildman–Crippen MR) is 88.8 cm³/mol. The zero-order valence-electron chi connectivity index (χ0n) is 13.1. The zero-order chi connectivity index (χ0) is 17.5. The van der Waals surface area contributed by atoms with Crippen LogP contribution in [0.25, 0.3) is 0 Å². The topological polar surface area (TPSA) is 73.2 Å². The molecule has 2 aromatic rings. The van der Waals surface area contributed by atoms with Crippen LogP contribution in [0.5, 0.6) is 0 Å². The van der Waals surface area contributed by atoms with E-state index >= 15 is 0 Å².